The van der Waals surface area contributed by atoms with Crippen molar-refractivity contribution in [2.45, 2.75) is 25.4 Å². The Morgan fingerprint density at radius 1 is 1.33 bits per heavy atom. The highest BCUT2D eigenvalue weighted by Gasteiger charge is 2.38. The average molecular weight is 450 g/mol. The summed E-state index contributed by atoms with van der Waals surface area (Å²) < 4.78 is 5.66. The Morgan fingerprint density at radius 2 is 2.18 bits per heavy atom. The number of aromatic nitrogens is 2. The van der Waals surface area contributed by atoms with Crippen LogP contribution in [-0.2, 0) is 0 Å². The van der Waals surface area contributed by atoms with E-state index in [0.29, 0.717) is 44.0 Å². The maximum Gasteiger partial charge on any atom is 0.253 e. The van der Waals surface area contributed by atoms with Crippen molar-refractivity contribution in [1.82, 2.24) is 14.9 Å². The van der Waals surface area contributed by atoms with Crippen molar-refractivity contribution in [3.05, 3.63) is 60.0 Å². The summed E-state index contributed by atoms with van der Waals surface area (Å²) in [5, 5.41) is 12.3. The summed E-state index contributed by atoms with van der Waals surface area (Å²) in [4.78, 5) is 25.6. The van der Waals surface area contributed by atoms with Gasteiger partial charge >= 0.3 is 0 Å². The second kappa shape index (κ2) is 9.72. The van der Waals surface area contributed by atoms with Crippen molar-refractivity contribution in [3.63, 3.8) is 0 Å². The van der Waals surface area contributed by atoms with E-state index in [1.807, 2.05) is 31.3 Å². The lowest BCUT2D eigenvalue weighted by Crippen LogP contribution is -2.45. The molecule has 3 aromatic rings. The normalized spacial score (nSPS) is 18.0. The number of β-amino-alcohol motifs (C(OH)–C–C–N with tert-alkyl or cyclic N) is 1. The van der Waals surface area contributed by atoms with Gasteiger partial charge in [-0.2, -0.15) is 0 Å². The number of pyridine rings is 2. The molecule has 0 radical (unpaired) electrons. The average Bonchev–Trinajstić information content (AvgIpc) is 3.19. The fraction of sp³-hybridized carbons (Fsp3) is 0.400. The molecule has 4 rings (SSSR count). The van der Waals surface area contributed by atoms with Crippen molar-refractivity contribution < 1.29 is 14.6 Å². The Bertz CT molecular complexity index is 1140. The fourth-order valence-electron chi connectivity index (χ4n) is 4.36. The van der Waals surface area contributed by atoms with Gasteiger partial charge in [0.1, 0.15) is 11.4 Å². The number of hydrogen-bond acceptors (Lipinski definition) is 7. The molecule has 0 spiro atoms. The lowest BCUT2D eigenvalue weighted by Gasteiger charge is -2.30. The number of aliphatic hydroxyl groups is 1. The standard InChI is InChI=1S/C25H31N5O3/c1-18-13-23(21-15-27-10-7-22(21)28-18)30-11-8-25(32,17-30)16-29(2)24(31)19-5-3-6-20(14-19)33-12-4-9-26/h3,5-7,10,13-15,32H,4,8-9,11-12,16-17,26H2,1-2H3/t25-/m1/s1. The molecule has 0 unspecified atom stereocenters. The highest BCUT2D eigenvalue weighted by Crippen LogP contribution is 2.32. The lowest BCUT2D eigenvalue weighted by atomic mass is 10.0. The van der Waals surface area contributed by atoms with E-state index in [-0.39, 0.29) is 12.5 Å². The number of amides is 1. The van der Waals surface area contributed by atoms with Gasteiger partial charge in [-0.05, 0) is 56.6 Å². The van der Waals surface area contributed by atoms with Crippen molar-refractivity contribution >= 4 is 22.5 Å². The number of nitrogens with two attached hydrogens (primary N) is 1. The predicted molar refractivity (Wildman–Crippen MR) is 129 cm³/mol. The quantitative estimate of drug-likeness (QED) is 0.509. The minimum absolute atomic E-state index is 0.152. The van der Waals surface area contributed by atoms with Gasteiger partial charge in [-0.15, -0.1) is 0 Å². The van der Waals surface area contributed by atoms with E-state index >= 15 is 0 Å². The maximum atomic E-state index is 13.0. The van der Waals surface area contributed by atoms with E-state index in [0.717, 1.165) is 28.7 Å². The molecule has 33 heavy (non-hydrogen) atoms. The van der Waals surface area contributed by atoms with Crippen LogP contribution in [0.1, 0.15) is 28.9 Å². The van der Waals surface area contributed by atoms with Gasteiger partial charge in [0.2, 0.25) is 0 Å². The minimum Gasteiger partial charge on any atom is -0.494 e. The molecule has 1 aliphatic heterocycles. The molecule has 0 bridgehead atoms. The number of hydrogen-bond donors (Lipinski definition) is 2. The highest BCUT2D eigenvalue weighted by molar-refractivity contribution is 5.94. The third-order valence-corrected chi connectivity index (χ3v) is 5.97. The number of rotatable bonds is 8. The second-order valence-corrected chi connectivity index (χ2v) is 8.75. The smallest absolute Gasteiger partial charge is 0.253 e. The molecule has 174 valence electrons. The van der Waals surface area contributed by atoms with E-state index in [1.165, 1.54) is 0 Å². The van der Waals surface area contributed by atoms with E-state index in [1.54, 1.807) is 36.3 Å². The summed E-state index contributed by atoms with van der Waals surface area (Å²) in [6.07, 6.45) is 4.87. The van der Waals surface area contributed by atoms with Crippen LogP contribution in [0.2, 0.25) is 0 Å². The zero-order valence-electron chi connectivity index (χ0n) is 19.2. The van der Waals surface area contributed by atoms with Crippen LogP contribution in [0.4, 0.5) is 5.69 Å². The van der Waals surface area contributed by atoms with Gasteiger partial charge in [0, 0.05) is 54.9 Å². The highest BCUT2D eigenvalue weighted by atomic mass is 16.5. The van der Waals surface area contributed by atoms with Gasteiger partial charge in [-0.1, -0.05) is 6.07 Å². The van der Waals surface area contributed by atoms with Gasteiger partial charge in [0.15, 0.2) is 0 Å². The molecular weight excluding hydrogens is 418 g/mol. The van der Waals surface area contributed by atoms with E-state index in [2.05, 4.69) is 14.9 Å². The van der Waals surface area contributed by atoms with Gasteiger partial charge in [0.05, 0.1) is 18.7 Å². The largest absolute Gasteiger partial charge is 0.494 e. The molecule has 0 aliphatic carbocycles. The number of aryl methyl sites for hydroxylation is 1. The number of carbonyl (C=O) groups is 1. The van der Waals surface area contributed by atoms with Crippen molar-refractivity contribution in [3.8, 4) is 5.75 Å². The summed E-state index contributed by atoms with van der Waals surface area (Å²) in [5.41, 5.74) is 7.84. The number of carbonyl (C=O) groups excluding carboxylic acids is 1. The van der Waals surface area contributed by atoms with Crippen molar-refractivity contribution in [1.29, 1.82) is 0 Å². The monoisotopic (exact) mass is 449 g/mol. The molecule has 8 nitrogen and oxygen atoms in total. The molecule has 1 aromatic carbocycles. The molecule has 1 fully saturated rings. The van der Waals surface area contributed by atoms with Crippen LogP contribution in [-0.4, -0.2) is 71.3 Å². The van der Waals surface area contributed by atoms with Crippen molar-refractivity contribution in [2.75, 3.05) is 44.7 Å². The van der Waals surface area contributed by atoms with Gasteiger partial charge in [-0.25, -0.2) is 0 Å². The summed E-state index contributed by atoms with van der Waals surface area (Å²) in [6, 6.07) is 11.0. The van der Waals surface area contributed by atoms with Crippen molar-refractivity contribution in [2.24, 2.45) is 5.73 Å². The SMILES string of the molecule is Cc1cc(N2CC[C@@](O)(CN(C)C(=O)c3cccc(OCCCN)c3)C2)c2cnccc2n1. The zero-order chi connectivity index (χ0) is 23.4. The third-order valence-electron chi connectivity index (χ3n) is 5.97. The van der Waals surface area contributed by atoms with Gasteiger partial charge in [0.25, 0.3) is 5.91 Å². The Hall–Kier alpha value is -3.23. The van der Waals surface area contributed by atoms with E-state index in [9.17, 15) is 9.90 Å². The zero-order valence-corrected chi connectivity index (χ0v) is 19.2. The van der Waals surface area contributed by atoms with Crippen LogP contribution in [0.5, 0.6) is 5.75 Å². The Balaban J connectivity index is 1.45. The Labute approximate surface area is 194 Å². The van der Waals surface area contributed by atoms with Crippen LogP contribution >= 0.6 is 0 Å². The Kier molecular flexibility index (Phi) is 6.76. The van der Waals surface area contributed by atoms with Gasteiger partial charge in [-0.3, -0.25) is 14.8 Å². The maximum absolute atomic E-state index is 13.0. The molecule has 3 N–H and O–H groups in total. The van der Waals surface area contributed by atoms with Crippen LogP contribution in [0.25, 0.3) is 10.9 Å². The fourth-order valence-corrected chi connectivity index (χ4v) is 4.36. The summed E-state index contributed by atoms with van der Waals surface area (Å²) in [6.45, 7) is 4.39. The molecule has 8 heteroatoms. The predicted octanol–water partition coefficient (Wildman–Crippen LogP) is 2.38. The number of anilines is 1. The van der Waals surface area contributed by atoms with Crippen LogP contribution < -0.4 is 15.4 Å². The van der Waals surface area contributed by atoms with E-state index in [4.69, 9.17) is 10.5 Å². The topological polar surface area (TPSA) is 105 Å². The van der Waals surface area contributed by atoms with E-state index < -0.39 is 5.60 Å². The molecule has 1 aliphatic rings. The van der Waals surface area contributed by atoms with Crippen LogP contribution in [0.3, 0.4) is 0 Å². The summed E-state index contributed by atoms with van der Waals surface area (Å²) in [7, 11) is 1.72. The molecule has 3 heterocycles. The molecule has 2 aromatic heterocycles. The lowest BCUT2D eigenvalue weighted by molar-refractivity contribution is 0.0264. The first kappa shape index (κ1) is 22.9. The first-order chi connectivity index (χ1) is 15.9. The summed E-state index contributed by atoms with van der Waals surface area (Å²) >= 11 is 0. The molecule has 1 atom stereocenters. The molecule has 1 saturated heterocycles. The first-order valence-corrected chi connectivity index (χ1v) is 11.3. The number of nitrogens with zero attached hydrogens (tertiary/aromatic N) is 4. The number of benzene rings is 1. The number of ether oxygens (including phenoxy) is 1. The molecule has 1 amide bonds. The van der Waals surface area contributed by atoms with Gasteiger partial charge < -0.3 is 25.4 Å². The van der Waals surface area contributed by atoms with Crippen LogP contribution in [0, 0.1) is 6.92 Å². The molecule has 0 saturated carbocycles. The third kappa shape index (κ3) is 5.23. The first-order valence-electron chi connectivity index (χ1n) is 11.3. The number of likely N-dealkylation sites (N-methyl/N-ethyl adjacent to an activating group) is 1. The second-order valence-electron chi connectivity index (χ2n) is 8.75. The molecular formula is C25H31N5O3. The Morgan fingerprint density at radius 3 is 3.00 bits per heavy atom. The summed E-state index contributed by atoms with van der Waals surface area (Å²) in [5.74, 6) is 0.488. The van der Waals surface area contributed by atoms with Crippen LogP contribution in [0.15, 0.2) is 48.8 Å². The number of fused-ring (bicyclic) bond motifs is 1. The minimum atomic E-state index is -1.01.